The van der Waals surface area contributed by atoms with Crippen LogP contribution >= 0.6 is 0 Å². The number of hydrogen-bond acceptors (Lipinski definition) is 11. The molecule has 3 N–H and O–H groups in total. The van der Waals surface area contributed by atoms with Gasteiger partial charge in [-0.3, -0.25) is 19.1 Å². The third-order valence-electron chi connectivity index (χ3n) is 11.4. The number of carbonyl (C=O) groups excluding carboxylic acids is 4. The number of benzene rings is 1. The number of alkyl carbamates (subject to hydrolysis) is 1. The van der Waals surface area contributed by atoms with Crippen LogP contribution in [0.25, 0.3) is 10.8 Å². The Hall–Kier alpha value is -4.65. The highest BCUT2D eigenvalue weighted by molar-refractivity contribution is 7.91. The lowest BCUT2D eigenvalue weighted by molar-refractivity contribution is -0.145. The van der Waals surface area contributed by atoms with Gasteiger partial charge >= 0.3 is 6.09 Å². The lowest BCUT2D eigenvalue weighted by atomic mass is 10.0. The number of halogens is 3. The molecule has 4 aliphatic rings. The molecule has 0 bridgehead atoms. The second-order valence-electron chi connectivity index (χ2n) is 16.3. The summed E-state index contributed by atoms with van der Waals surface area (Å²) in [6.07, 6.45) is -0.354. The lowest BCUT2D eigenvalue weighted by Crippen LogP contribution is -2.61. The SMILES string of the molecule is CC[C@@H]1O[C@@H](C)CC/C=C\[C@@H]2C[C@@]2(C(=O)NS(=O)(=O)C2(C)CC2)NC(=O)[C@@H]2C[C@@H](Oc3ncc(OC)c4ccc(F)cc34)CN2C(=O)[C@H]1NC(=O)OC(C)(C)C(F)F. The number of allylic oxidation sites excluding steroid dienone is 1. The molecule has 0 unspecified atom stereocenters. The fourth-order valence-electron chi connectivity index (χ4n) is 7.32. The molecule has 2 saturated carbocycles. The first-order valence-electron chi connectivity index (χ1n) is 19.3. The zero-order valence-corrected chi connectivity index (χ0v) is 34.0. The molecular weight excluding hydrogens is 788 g/mol. The average Bonchev–Trinajstić information content (AvgIpc) is 4.04. The molecule has 6 rings (SSSR count). The first-order chi connectivity index (χ1) is 27.2. The van der Waals surface area contributed by atoms with Crippen molar-refractivity contribution in [3.63, 3.8) is 0 Å². The van der Waals surface area contributed by atoms with Gasteiger partial charge in [0.05, 0.1) is 42.2 Å². The molecule has 1 saturated heterocycles. The van der Waals surface area contributed by atoms with E-state index in [9.17, 15) is 40.8 Å². The number of ether oxygens (including phenoxy) is 4. The van der Waals surface area contributed by atoms with E-state index in [-0.39, 0.29) is 37.1 Å². The summed E-state index contributed by atoms with van der Waals surface area (Å²) in [5.41, 5.74) is -3.90. The van der Waals surface area contributed by atoms with E-state index in [0.29, 0.717) is 36.8 Å². The van der Waals surface area contributed by atoms with Crippen molar-refractivity contribution in [1.82, 2.24) is 25.2 Å². The highest BCUT2D eigenvalue weighted by Crippen LogP contribution is 2.47. The highest BCUT2D eigenvalue weighted by Gasteiger charge is 2.63. The summed E-state index contributed by atoms with van der Waals surface area (Å²) in [5.74, 6) is -3.47. The molecule has 1 aromatic carbocycles. The summed E-state index contributed by atoms with van der Waals surface area (Å²) in [6, 6.07) is 0.971. The Bertz CT molecular complexity index is 2080. The van der Waals surface area contributed by atoms with E-state index in [1.165, 1.54) is 38.4 Å². The number of methoxy groups -OCH3 is 1. The van der Waals surface area contributed by atoms with Crippen LogP contribution in [-0.2, 0) is 33.9 Å². The molecule has 4 amide bonds. The van der Waals surface area contributed by atoms with Crippen LogP contribution in [0.1, 0.15) is 79.6 Å². The number of pyridine rings is 1. The van der Waals surface area contributed by atoms with E-state index in [1.54, 1.807) is 26.0 Å². The molecule has 0 spiro atoms. The van der Waals surface area contributed by atoms with Crippen LogP contribution in [0, 0.1) is 11.7 Å². The van der Waals surface area contributed by atoms with Gasteiger partial charge in [-0.25, -0.2) is 31.4 Å². The predicted octanol–water partition coefficient (Wildman–Crippen LogP) is 4.28. The van der Waals surface area contributed by atoms with Gasteiger partial charge in [0.15, 0.2) is 5.60 Å². The van der Waals surface area contributed by atoms with Gasteiger partial charge in [0.1, 0.15) is 35.3 Å². The quantitative estimate of drug-likeness (QED) is 0.290. The van der Waals surface area contributed by atoms with E-state index >= 15 is 0 Å². The van der Waals surface area contributed by atoms with E-state index in [2.05, 4.69) is 20.3 Å². The summed E-state index contributed by atoms with van der Waals surface area (Å²) in [4.78, 5) is 61.9. The zero-order valence-electron chi connectivity index (χ0n) is 33.2. The second kappa shape index (κ2) is 16.2. The Labute approximate surface area is 334 Å². The third kappa shape index (κ3) is 8.70. The molecule has 2 aromatic rings. The Balaban J connectivity index is 1.38. The molecule has 3 heterocycles. The molecule has 1 aromatic heterocycles. The smallest absolute Gasteiger partial charge is 0.408 e. The molecule has 19 heteroatoms. The Kier molecular flexibility index (Phi) is 12.0. The van der Waals surface area contributed by atoms with Crippen LogP contribution < -0.4 is 24.8 Å². The van der Waals surface area contributed by atoms with Crippen molar-refractivity contribution < 1.29 is 59.7 Å². The zero-order chi connectivity index (χ0) is 42.4. The number of sulfonamides is 1. The van der Waals surface area contributed by atoms with Gasteiger partial charge in [-0.05, 0) is 84.4 Å². The van der Waals surface area contributed by atoms with Gasteiger partial charge in [-0.15, -0.1) is 0 Å². The summed E-state index contributed by atoms with van der Waals surface area (Å²) >= 11 is 0. The van der Waals surface area contributed by atoms with Crippen molar-refractivity contribution in [1.29, 1.82) is 0 Å². The minimum Gasteiger partial charge on any atom is -0.494 e. The number of hydrogen-bond donors (Lipinski definition) is 3. The van der Waals surface area contributed by atoms with E-state index < -0.39 is 98.3 Å². The van der Waals surface area contributed by atoms with E-state index in [4.69, 9.17) is 18.9 Å². The second-order valence-corrected chi connectivity index (χ2v) is 18.5. The van der Waals surface area contributed by atoms with Crippen molar-refractivity contribution in [3.05, 3.63) is 42.4 Å². The Morgan fingerprint density at radius 3 is 2.57 bits per heavy atom. The van der Waals surface area contributed by atoms with Gasteiger partial charge in [-0.1, -0.05) is 19.1 Å². The maximum absolute atomic E-state index is 14.8. The predicted molar refractivity (Wildman–Crippen MR) is 203 cm³/mol. The minimum atomic E-state index is -4.10. The fourth-order valence-corrected chi connectivity index (χ4v) is 8.63. The Morgan fingerprint density at radius 2 is 1.91 bits per heavy atom. The maximum Gasteiger partial charge on any atom is 0.408 e. The lowest BCUT2D eigenvalue weighted by Gasteiger charge is -2.34. The number of alkyl halides is 2. The number of aromatic nitrogens is 1. The van der Waals surface area contributed by atoms with Crippen molar-refractivity contribution in [2.75, 3.05) is 13.7 Å². The van der Waals surface area contributed by atoms with Crippen LogP contribution in [-0.4, -0.2) is 108 Å². The van der Waals surface area contributed by atoms with Gasteiger partial charge in [0.2, 0.25) is 27.7 Å². The van der Waals surface area contributed by atoms with Gasteiger partial charge in [-0.2, -0.15) is 0 Å². The number of nitrogens with one attached hydrogen (secondary N) is 3. The first kappa shape index (κ1) is 42.9. The number of carbonyl (C=O) groups is 4. The van der Waals surface area contributed by atoms with Crippen LogP contribution in [0.3, 0.4) is 0 Å². The van der Waals surface area contributed by atoms with Crippen LogP contribution in [0.5, 0.6) is 11.6 Å². The normalized spacial score (nSPS) is 29.2. The topological polar surface area (TPSA) is 192 Å². The number of nitrogens with zero attached hydrogens (tertiary/aromatic N) is 2. The molecule has 58 heavy (non-hydrogen) atoms. The summed E-state index contributed by atoms with van der Waals surface area (Å²) in [6.45, 7) is 6.72. The van der Waals surface area contributed by atoms with Gasteiger partial charge in [0.25, 0.3) is 12.3 Å². The molecule has 318 valence electrons. The van der Waals surface area contributed by atoms with Crippen LogP contribution in [0.15, 0.2) is 36.5 Å². The fraction of sp³-hybridized carbons (Fsp3) is 0.615. The number of fused-ring (bicyclic) bond motifs is 3. The van der Waals surface area contributed by atoms with Crippen molar-refractivity contribution in [3.8, 4) is 11.6 Å². The maximum atomic E-state index is 14.8. The van der Waals surface area contributed by atoms with E-state index in [1.807, 2.05) is 0 Å². The highest BCUT2D eigenvalue weighted by atomic mass is 32.2. The number of amides is 4. The third-order valence-corrected chi connectivity index (χ3v) is 13.6. The van der Waals surface area contributed by atoms with E-state index in [0.717, 1.165) is 18.7 Å². The van der Waals surface area contributed by atoms with Gasteiger partial charge in [0, 0.05) is 17.7 Å². The summed E-state index contributed by atoms with van der Waals surface area (Å²) in [5, 5.41) is 5.90. The average molecular weight is 838 g/mol. The molecular formula is C39H50F3N5O10S. The summed E-state index contributed by atoms with van der Waals surface area (Å²) < 4.78 is 92.4. The number of rotatable bonds is 10. The Morgan fingerprint density at radius 1 is 1.19 bits per heavy atom. The monoisotopic (exact) mass is 837 g/mol. The molecule has 2 aliphatic heterocycles. The first-order valence-corrected chi connectivity index (χ1v) is 20.8. The van der Waals surface area contributed by atoms with Crippen molar-refractivity contribution in [2.45, 2.75) is 132 Å². The summed E-state index contributed by atoms with van der Waals surface area (Å²) in [7, 11) is -2.68. The molecule has 7 atom stereocenters. The largest absolute Gasteiger partial charge is 0.494 e. The van der Waals surface area contributed by atoms with Crippen molar-refractivity contribution in [2.24, 2.45) is 5.92 Å². The molecule has 15 nitrogen and oxygen atoms in total. The molecule has 2 aliphatic carbocycles. The minimum absolute atomic E-state index is 0.0333. The van der Waals surface area contributed by atoms with Crippen LogP contribution in [0.2, 0.25) is 0 Å². The standard InChI is InChI=1S/C39H50F3N5O10S/c1-7-28-30(44-36(51)57-37(3,4)34(41)42)33(49)47-20-24(56-32-26-16-23(40)12-13-25(26)29(54-6)19-43-32)17-27(47)31(48)45-39(18-22(39)11-9-8-10-21(2)55-28)35(50)46-58(52,53)38(5)14-15-38/h9,11-13,16,19,21-22,24,27-28,30,34H,7-8,10,14-15,17-18,20H2,1-6H3,(H,44,51)(H,45,48)(H,46,50)/b11-9-/t21-,22+,24+,27-,28-,30-,39+/m0/s1. The molecule has 3 fully saturated rings. The molecule has 0 radical (unpaired) electrons. The van der Waals surface area contributed by atoms with Crippen molar-refractivity contribution >= 4 is 44.6 Å². The van der Waals surface area contributed by atoms with Crippen LogP contribution in [0.4, 0.5) is 18.0 Å². The van der Waals surface area contributed by atoms with Gasteiger partial charge < -0.3 is 34.5 Å².